The Labute approximate surface area is 100 Å². The summed E-state index contributed by atoms with van der Waals surface area (Å²) in [5, 5.41) is 3.32. The third-order valence-electron chi connectivity index (χ3n) is 4.25. The van der Waals surface area contributed by atoms with Gasteiger partial charge in [0, 0.05) is 12.6 Å². The van der Waals surface area contributed by atoms with E-state index in [2.05, 4.69) is 29.2 Å². The van der Waals surface area contributed by atoms with Gasteiger partial charge in [-0.2, -0.15) is 0 Å². The van der Waals surface area contributed by atoms with E-state index >= 15 is 0 Å². The zero-order valence-corrected chi connectivity index (χ0v) is 10.9. The van der Waals surface area contributed by atoms with Crippen LogP contribution in [0.25, 0.3) is 0 Å². The molecule has 0 spiro atoms. The number of likely N-dealkylation sites (tertiary alicyclic amines) is 2. The van der Waals surface area contributed by atoms with Crippen molar-refractivity contribution in [2.75, 3.05) is 46.8 Å². The van der Waals surface area contributed by atoms with Gasteiger partial charge in [-0.3, -0.25) is 0 Å². The molecule has 0 aromatic rings. The second-order valence-electron chi connectivity index (χ2n) is 5.60. The van der Waals surface area contributed by atoms with E-state index in [4.69, 9.17) is 0 Å². The summed E-state index contributed by atoms with van der Waals surface area (Å²) in [5.41, 5.74) is 0. The highest BCUT2D eigenvalue weighted by Gasteiger charge is 2.28. The molecule has 0 saturated carbocycles. The summed E-state index contributed by atoms with van der Waals surface area (Å²) < 4.78 is 0. The topological polar surface area (TPSA) is 18.5 Å². The Morgan fingerprint density at radius 2 is 2.00 bits per heavy atom. The first kappa shape index (κ1) is 12.3. The zero-order chi connectivity index (χ0) is 11.4. The maximum Gasteiger partial charge on any atom is 0.0108 e. The minimum atomic E-state index is 0.867. The lowest BCUT2D eigenvalue weighted by Crippen LogP contribution is -2.35. The maximum absolute atomic E-state index is 3.32. The molecule has 2 aliphatic heterocycles. The van der Waals surface area contributed by atoms with Crippen LogP contribution < -0.4 is 5.32 Å². The van der Waals surface area contributed by atoms with Gasteiger partial charge >= 0.3 is 0 Å². The lowest BCUT2D eigenvalue weighted by atomic mass is 10.1. The molecule has 3 nitrogen and oxygen atoms in total. The number of rotatable bonds is 3. The summed E-state index contributed by atoms with van der Waals surface area (Å²) in [7, 11) is 4.33. The van der Waals surface area contributed by atoms with Gasteiger partial charge in [0.2, 0.25) is 0 Å². The Hall–Kier alpha value is -0.120. The van der Waals surface area contributed by atoms with Crippen molar-refractivity contribution in [2.45, 2.75) is 31.7 Å². The molecule has 0 aliphatic carbocycles. The Morgan fingerprint density at radius 3 is 2.81 bits per heavy atom. The van der Waals surface area contributed by atoms with Crippen LogP contribution in [0.1, 0.15) is 25.7 Å². The molecule has 2 unspecified atom stereocenters. The van der Waals surface area contributed by atoms with Crippen LogP contribution in [-0.4, -0.2) is 62.7 Å². The summed E-state index contributed by atoms with van der Waals surface area (Å²) in [6.07, 6.45) is 5.57. The Kier molecular flexibility index (Phi) is 4.62. The molecule has 94 valence electrons. The van der Waals surface area contributed by atoms with E-state index in [0.29, 0.717) is 0 Å². The van der Waals surface area contributed by atoms with Crippen LogP contribution in [0.15, 0.2) is 0 Å². The largest absolute Gasteiger partial charge is 0.319 e. The lowest BCUT2D eigenvalue weighted by Gasteiger charge is -2.26. The normalized spacial score (nSPS) is 34.1. The molecule has 2 atom stereocenters. The molecular weight excluding hydrogens is 198 g/mol. The molecule has 16 heavy (non-hydrogen) atoms. The van der Waals surface area contributed by atoms with Crippen molar-refractivity contribution in [3.05, 3.63) is 0 Å². The molecule has 2 heterocycles. The van der Waals surface area contributed by atoms with Gasteiger partial charge in [0.1, 0.15) is 0 Å². The maximum atomic E-state index is 3.32. The van der Waals surface area contributed by atoms with Crippen LogP contribution in [0.3, 0.4) is 0 Å². The van der Waals surface area contributed by atoms with Crippen molar-refractivity contribution in [1.82, 2.24) is 15.1 Å². The molecule has 0 radical (unpaired) electrons. The molecular formula is C13H27N3. The number of hydrogen-bond acceptors (Lipinski definition) is 3. The summed E-state index contributed by atoms with van der Waals surface area (Å²) in [6.45, 7) is 6.45. The van der Waals surface area contributed by atoms with Crippen molar-refractivity contribution in [2.24, 2.45) is 5.92 Å². The number of nitrogens with one attached hydrogen (secondary N) is 1. The molecule has 2 fully saturated rings. The Balaban J connectivity index is 1.79. The zero-order valence-electron chi connectivity index (χ0n) is 10.9. The van der Waals surface area contributed by atoms with E-state index in [0.717, 1.165) is 12.0 Å². The highest BCUT2D eigenvalue weighted by Crippen LogP contribution is 2.23. The van der Waals surface area contributed by atoms with Gasteiger partial charge in [0.05, 0.1) is 0 Å². The highest BCUT2D eigenvalue weighted by atomic mass is 15.2. The highest BCUT2D eigenvalue weighted by molar-refractivity contribution is 4.84. The van der Waals surface area contributed by atoms with Crippen molar-refractivity contribution in [3.8, 4) is 0 Å². The first-order chi connectivity index (χ1) is 7.79. The minimum absolute atomic E-state index is 0.867. The molecule has 0 aromatic heterocycles. The average Bonchev–Trinajstić information content (AvgIpc) is 2.62. The van der Waals surface area contributed by atoms with Crippen LogP contribution in [0.4, 0.5) is 0 Å². The smallest absolute Gasteiger partial charge is 0.0108 e. The first-order valence-corrected chi connectivity index (χ1v) is 6.87. The minimum Gasteiger partial charge on any atom is -0.319 e. The molecule has 2 aliphatic rings. The standard InChI is InChI=1S/C13H27N3/c1-14-10-12-5-9-16(11-12)13-4-3-7-15(2)8-6-13/h12-14H,3-11H2,1-2H3. The average molecular weight is 225 g/mol. The van der Waals surface area contributed by atoms with Gasteiger partial charge in [0.15, 0.2) is 0 Å². The second kappa shape index (κ2) is 5.99. The van der Waals surface area contributed by atoms with Crippen LogP contribution in [0, 0.1) is 5.92 Å². The van der Waals surface area contributed by atoms with E-state index in [1.165, 1.54) is 58.4 Å². The van der Waals surface area contributed by atoms with Crippen molar-refractivity contribution in [3.63, 3.8) is 0 Å². The predicted molar refractivity (Wildman–Crippen MR) is 68.7 cm³/mol. The fourth-order valence-corrected chi connectivity index (χ4v) is 3.24. The third kappa shape index (κ3) is 3.19. The molecule has 0 amide bonds. The van der Waals surface area contributed by atoms with Gasteiger partial charge in [-0.1, -0.05) is 0 Å². The summed E-state index contributed by atoms with van der Waals surface area (Å²) in [5.74, 6) is 0.894. The van der Waals surface area contributed by atoms with Gasteiger partial charge in [-0.15, -0.1) is 0 Å². The van der Waals surface area contributed by atoms with Crippen molar-refractivity contribution >= 4 is 0 Å². The van der Waals surface area contributed by atoms with Gasteiger partial charge in [0.25, 0.3) is 0 Å². The van der Waals surface area contributed by atoms with E-state index in [9.17, 15) is 0 Å². The molecule has 2 rings (SSSR count). The summed E-state index contributed by atoms with van der Waals surface area (Å²) in [4.78, 5) is 5.24. The fraction of sp³-hybridized carbons (Fsp3) is 1.00. The monoisotopic (exact) mass is 225 g/mol. The molecule has 0 aromatic carbocycles. The van der Waals surface area contributed by atoms with Crippen LogP contribution in [0.5, 0.6) is 0 Å². The Morgan fingerprint density at radius 1 is 1.12 bits per heavy atom. The van der Waals surface area contributed by atoms with Crippen LogP contribution in [0.2, 0.25) is 0 Å². The second-order valence-corrected chi connectivity index (χ2v) is 5.60. The van der Waals surface area contributed by atoms with Gasteiger partial charge < -0.3 is 15.1 Å². The summed E-state index contributed by atoms with van der Waals surface area (Å²) in [6, 6.07) is 0.867. The van der Waals surface area contributed by atoms with E-state index in [1.54, 1.807) is 0 Å². The number of nitrogens with zero attached hydrogens (tertiary/aromatic N) is 2. The van der Waals surface area contributed by atoms with E-state index in [-0.39, 0.29) is 0 Å². The first-order valence-electron chi connectivity index (χ1n) is 6.87. The quantitative estimate of drug-likeness (QED) is 0.773. The van der Waals surface area contributed by atoms with Crippen LogP contribution >= 0.6 is 0 Å². The Bertz CT molecular complexity index is 207. The van der Waals surface area contributed by atoms with Gasteiger partial charge in [-0.05, 0) is 71.9 Å². The van der Waals surface area contributed by atoms with E-state index in [1.807, 2.05) is 0 Å². The molecule has 2 saturated heterocycles. The fourth-order valence-electron chi connectivity index (χ4n) is 3.24. The third-order valence-corrected chi connectivity index (χ3v) is 4.25. The number of hydrogen-bond donors (Lipinski definition) is 1. The predicted octanol–water partition coefficient (Wildman–Crippen LogP) is 1.01. The molecule has 1 N–H and O–H groups in total. The lowest BCUT2D eigenvalue weighted by molar-refractivity contribution is 0.212. The van der Waals surface area contributed by atoms with E-state index < -0.39 is 0 Å². The molecule has 3 heteroatoms. The van der Waals surface area contributed by atoms with Crippen LogP contribution in [-0.2, 0) is 0 Å². The SMILES string of the molecule is CNCC1CCN(C2CCCN(C)CC2)C1. The molecule has 0 bridgehead atoms. The van der Waals surface area contributed by atoms with Gasteiger partial charge in [-0.25, -0.2) is 0 Å². The summed E-state index contributed by atoms with van der Waals surface area (Å²) >= 11 is 0. The van der Waals surface area contributed by atoms with Crippen molar-refractivity contribution in [1.29, 1.82) is 0 Å². The van der Waals surface area contributed by atoms with Crippen molar-refractivity contribution < 1.29 is 0 Å².